The van der Waals surface area contributed by atoms with Gasteiger partial charge in [-0.3, -0.25) is 9.08 Å². The molecule has 0 aromatic heterocycles. The molecule has 0 N–H and O–H groups in total. The lowest BCUT2D eigenvalue weighted by molar-refractivity contribution is 0.284. The van der Waals surface area contributed by atoms with Crippen molar-refractivity contribution < 1.29 is 12.6 Å². The summed E-state index contributed by atoms with van der Waals surface area (Å²) < 4.78 is 26.5. The van der Waals surface area contributed by atoms with Crippen molar-refractivity contribution in [2.24, 2.45) is 0 Å². The number of nitrogens with zero attached hydrogens (tertiary/aromatic N) is 1. The van der Waals surface area contributed by atoms with Crippen molar-refractivity contribution in [3.05, 3.63) is 35.9 Å². The van der Waals surface area contributed by atoms with Gasteiger partial charge in [-0.1, -0.05) is 30.3 Å². The molecule has 0 spiro atoms. The van der Waals surface area contributed by atoms with Crippen LogP contribution in [0.1, 0.15) is 18.5 Å². The Kier molecular flexibility index (Phi) is 3.51. The smallest absolute Gasteiger partial charge is 0.264 e. The van der Waals surface area contributed by atoms with Crippen molar-refractivity contribution in [3.8, 4) is 0 Å². The van der Waals surface area contributed by atoms with Crippen molar-refractivity contribution in [1.82, 2.24) is 4.90 Å². The maximum Gasteiger partial charge on any atom is 0.264 e. The van der Waals surface area contributed by atoms with E-state index >= 15 is 0 Å². The Bertz CT molecular complexity index is 472. The van der Waals surface area contributed by atoms with Gasteiger partial charge in [-0.05, 0) is 12.5 Å². The molecule has 2 rings (SSSR count). The van der Waals surface area contributed by atoms with Gasteiger partial charge >= 0.3 is 0 Å². The van der Waals surface area contributed by atoms with Crippen molar-refractivity contribution >= 4 is 10.1 Å². The number of rotatable bonds is 5. The lowest BCUT2D eigenvalue weighted by Crippen LogP contribution is -2.14. The molecule has 1 aromatic rings. The van der Waals surface area contributed by atoms with Gasteiger partial charge in [0.15, 0.2) is 0 Å². The first-order valence-corrected chi connectivity index (χ1v) is 7.44. The molecule has 94 valence electrons. The second-order valence-electron chi connectivity index (χ2n) is 4.43. The fourth-order valence-corrected chi connectivity index (χ4v) is 2.35. The Morgan fingerprint density at radius 1 is 1.41 bits per heavy atom. The van der Waals surface area contributed by atoms with E-state index in [0.29, 0.717) is 6.04 Å². The molecule has 1 heterocycles. The number of hydrogen-bond donors (Lipinski definition) is 0. The molecule has 0 aliphatic carbocycles. The zero-order chi connectivity index (χ0) is 12.5. The van der Waals surface area contributed by atoms with Gasteiger partial charge in [-0.15, -0.1) is 0 Å². The fraction of sp³-hybridized carbons (Fsp3) is 0.500. The second kappa shape index (κ2) is 4.76. The maximum atomic E-state index is 10.9. The fourth-order valence-electron chi connectivity index (χ4n) is 1.94. The summed E-state index contributed by atoms with van der Waals surface area (Å²) in [6, 6.07) is 10.7. The van der Waals surface area contributed by atoms with Crippen LogP contribution in [0.15, 0.2) is 30.3 Å². The molecular formula is C12H17NO3S. The molecule has 0 bridgehead atoms. The van der Waals surface area contributed by atoms with Gasteiger partial charge in [0.1, 0.15) is 0 Å². The minimum absolute atomic E-state index is 0.222. The maximum absolute atomic E-state index is 10.9. The lowest BCUT2D eigenvalue weighted by atomic mass is 10.1. The van der Waals surface area contributed by atoms with Gasteiger partial charge in [0.2, 0.25) is 0 Å². The van der Waals surface area contributed by atoms with Gasteiger partial charge in [-0.2, -0.15) is 8.42 Å². The van der Waals surface area contributed by atoms with Crippen LogP contribution in [0.4, 0.5) is 0 Å². The SMILES string of the molecule is C[C@H](c1ccccc1)N1C[C@@H]1COS(C)(=O)=O. The van der Waals surface area contributed by atoms with Crippen LogP contribution in [0.25, 0.3) is 0 Å². The van der Waals surface area contributed by atoms with Crippen molar-refractivity contribution in [3.63, 3.8) is 0 Å². The summed E-state index contributed by atoms with van der Waals surface area (Å²) in [7, 11) is -3.32. The molecule has 1 fully saturated rings. The largest absolute Gasteiger partial charge is 0.288 e. The van der Waals surface area contributed by atoms with Crippen molar-refractivity contribution in [2.45, 2.75) is 19.0 Å². The molecule has 17 heavy (non-hydrogen) atoms. The Labute approximate surface area is 102 Å². The van der Waals surface area contributed by atoms with Crippen LogP contribution >= 0.6 is 0 Å². The summed E-state index contributed by atoms with van der Waals surface area (Å²) >= 11 is 0. The Hall–Kier alpha value is -0.910. The Balaban J connectivity index is 1.87. The molecule has 4 nitrogen and oxygen atoms in total. The zero-order valence-corrected chi connectivity index (χ0v) is 10.9. The summed E-state index contributed by atoms with van der Waals surface area (Å²) in [4.78, 5) is 2.22. The molecule has 0 radical (unpaired) electrons. The molecule has 1 saturated heterocycles. The Morgan fingerprint density at radius 3 is 2.65 bits per heavy atom. The molecule has 0 saturated carbocycles. The second-order valence-corrected chi connectivity index (χ2v) is 6.07. The zero-order valence-electron chi connectivity index (χ0n) is 10.0. The quantitative estimate of drug-likeness (QED) is 0.589. The van der Waals surface area contributed by atoms with E-state index in [1.165, 1.54) is 5.56 Å². The monoisotopic (exact) mass is 255 g/mol. The molecule has 1 aliphatic rings. The van der Waals surface area contributed by atoms with Gasteiger partial charge in [0.25, 0.3) is 10.1 Å². The summed E-state index contributed by atoms with van der Waals surface area (Å²) in [6.45, 7) is 3.28. The van der Waals surface area contributed by atoms with Crippen LogP contribution in [0.2, 0.25) is 0 Å². The van der Waals surface area contributed by atoms with E-state index in [2.05, 4.69) is 24.0 Å². The van der Waals surface area contributed by atoms with Gasteiger partial charge in [0.05, 0.1) is 12.9 Å². The van der Waals surface area contributed by atoms with Crippen LogP contribution in [0.3, 0.4) is 0 Å². The highest BCUT2D eigenvalue weighted by Crippen LogP contribution is 2.31. The minimum Gasteiger partial charge on any atom is -0.288 e. The van der Waals surface area contributed by atoms with E-state index in [0.717, 1.165) is 12.8 Å². The summed E-state index contributed by atoms with van der Waals surface area (Å²) in [6.07, 6.45) is 1.08. The predicted molar refractivity (Wildman–Crippen MR) is 66.1 cm³/mol. The normalized spacial score (nSPS) is 25.5. The highest BCUT2D eigenvalue weighted by Gasteiger charge is 2.38. The third kappa shape index (κ3) is 3.52. The average molecular weight is 255 g/mol. The van der Waals surface area contributed by atoms with Crippen LogP contribution < -0.4 is 0 Å². The first kappa shape index (κ1) is 12.5. The number of benzene rings is 1. The van der Waals surface area contributed by atoms with E-state index < -0.39 is 10.1 Å². The molecule has 1 unspecified atom stereocenters. The van der Waals surface area contributed by atoms with E-state index in [1.54, 1.807) is 0 Å². The third-order valence-electron chi connectivity index (χ3n) is 3.01. The van der Waals surface area contributed by atoms with E-state index in [9.17, 15) is 8.42 Å². The highest BCUT2D eigenvalue weighted by atomic mass is 32.2. The summed E-state index contributed by atoms with van der Waals surface area (Å²) in [5.74, 6) is 0. The standard InChI is InChI=1S/C12H17NO3S/c1-10(11-6-4-3-5-7-11)13-8-12(13)9-16-17(2,14)15/h3-7,10,12H,8-9H2,1-2H3/t10-,12-,13?/m1/s1. The first-order valence-electron chi connectivity index (χ1n) is 5.62. The van der Waals surface area contributed by atoms with Crippen LogP contribution in [-0.4, -0.2) is 38.8 Å². The van der Waals surface area contributed by atoms with Crippen molar-refractivity contribution in [1.29, 1.82) is 0 Å². The lowest BCUT2D eigenvalue weighted by Gasteiger charge is -2.14. The molecule has 5 heteroatoms. The molecule has 3 atom stereocenters. The first-order chi connectivity index (χ1) is 7.97. The molecule has 0 amide bonds. The van der Waals surface area contributed by atoms with Crippen LogP contribution in [0, 0.1) is 0 Å². The third-order valence-corrected chi connectivity index (χ3v) is 3.58. The Morgan fingerprint density at radius 2 is 2.06 bits per heavy atom. The van der Waals surface area contributed by atoms with E-state index in [4.69, 9.17) is 4.18 Å². The van der Waals surface area contributed by atoms with E-state index in [1.807, 2.05) is 18.2 Å². The molecule has 1 aliphatic heterocycles. The topological polar surface area (TPSA) is 46.4 Å². The van der Waals surface area contributed by atoms with Crippen LogP contribution in [0.5, 0.6) is 0 Å². The summed E-state index contributed by atoms with van der Waals surface area (Å²) in [5.41, 5.74) is 1.24. The van der Waals surface area contributed by atoms with Gasteiger partial charge in [0, 0.05) is 18.6 Å². The summed E-state index contributed by atoms with van der Waals surface area (Å²) in [5, 5.41) is 0. The minimum atomic E-state index is -3.32. The predicted octanol–water partition coefficient (Wildman–Crippen LogP) is 1.41. The van der Waals surface area contributed by atoms with Crippen molar-refractivity contribution in [2.75, 3.05) is 19.4 Å². The van der Waals surface area contributed by atoms with Gasteiger partial charge in [-0.25, -0.2) is 0 Å². The average Bonchev–Trinajstić information content (AvgIpc) is 3.05. The van der Waals surface area contributed by atoms with Gasteiger partial charge < -0.3 is 0 Å². The molecule has 1 aromatic carbocycles. The highest BCUT2D eigenvalue weighted by molar-refractivity contribution is 7.85. The van der Waals surface area contributed by atoms with Crippen LogP contribution in [-0.2, 0) is 14.3 Å². The van der Waals surface area contributed by atoms with E-state index in [-0.39, 0.29) is 12.6 Å². The molecular weight excluding hydrogens is 238 g/mol. The number of hydrogen-bond acceptors (Lipinski definition) is 4.